The number of aliphatic hydroxyl groups excluding tert-OH is 1. The third-order valence-corrected chi connectivity index (χ3v) is 18.3. The number of aliphatic hydroxyl groups is 1. The van der Waals surface area contributed by atoms with Gasteiger partial charge in [0.15, 0.2) is 12.2 Å². The second kappa shape index (κ2) is 61.9. The van der Waals surface area contributed by atoms with Crippen LogP contribution in [0.4, 0.5) is 0 Å². The highest BCUT2D eigenvalue weighted by molar-refractivity contribution is 7.47. The van der Waals surface area contributed by atoms with Crippen molar-refractivity contribution >= 4 is 39.5 Å². The molecule has 0 spiro atoms. The summed E-state index contributed by atoms with van der Waals surface area (Å²) in [4.78, 5) is 72.5. The number of ether oxygens (including phenoxy) is 4. The Bertz CT molecular complexity index is 1770. The fraction of sp³-hybridized carbons (Fsp3) is 0.944. The minimum atomic E-state index is -4.95. The zero-order valence-corrected chi connectivity index (χ0v) is 60.4. The molecule has 0 heterocycles. The molecule has 0 rings (SSSR count). The third-order valence-electron chi connectivity index (χ3n) is 16.4. The lowest BCUT2D eigenvalue weighted by atomic mass is 10.0. The Balaban J connectivity index is 5.22. The largest absolute Gasteiger partial charge is 0.472 e. The number of unbranched alkanes of at least 4 members (excludes halogenated alkanes) is 37. The quantitative estimate of drug-likeness (QED) is 0.0222. The first-order valence-electron chi connectivity index (χ1n) is 36.8. The Morgan fingerprint density at radius 3 is 0.756 bits per heavy atom. The molecule has 0 aromatic rings. The number of esters is 4. The second-order valence-corrected chi connectivity index (χ2v) is 30.0. The SMILES string of the molecule is CCCCCCCCCCCCCCCC(=O)OC[C@H](COP(=O)(O)OC[C@@H](O)COP(=O)(O)OC[C@@H](COC(=O)CCCCCCCCC(C)C)OC(=O)CCCCCCCCCC(C)C)OC(=O)CCCCCCCCCCCCCCCCCC(C)C. The molecule has 0 radical (unpaired) electrons. The van der Waals surface area contributed by atoms with Crippen LogP contribution in [0.5, 0.6) is 0 Å². The first kappa shape index (κ1) is 88.1. The van der Waals surface area contributed by atoms with Crippen molar-refractivity contribution in [3.8, 4) is 0 Å². The van der Waals surface area contributed by atoms with Gasteiger partial charge in [0.05, 0.1) is 26.4 Å². The average molecular weight is 1330 g/mol. The maximum Gasteiger partial charge on any atom is 0.472 e. The first-order chi connectivity index (χ1) is 43.2. The van der Waals surface area contributed by atoms with E-state index in [4.69, 9.17) is 37.0 Å². The van der Waals surface area contributed by atoms with E-state index in [1.54, 1.807) is 0 Å². The van der Waals surface area contributed by atoms with Gasteiger partial charge in [0.1, 0.15) is 19.3 Å². The molecule has 0 amide bonds. The maximum absolute atomic E-state index is 13.0. The molecule has 17 nitrogen and oxygen atoms in total. The second-order valence-electron chi connectivity index (χ2n) is 27.1. The summed E-state index contributed by atoms with van der Waals surface area (Å²) in [6.07, 6.45) is 46.1. The van der Waals surface area contributed by atoms with Crippen LogP contribution in [-0.2, 0) is 65.4 Å². The van der Waals surface area contributed by atoms with Crippen molar-refractivity contribution in [2.75, 3.05) is 39.6 Å². The monoisotopic (exact) mass is 1320 g/mol. The molecule has 19 heteroatoms. The van der Waals surface area contributed by atoms with Crippen LogP contribution in [0, 0.1) is 17.8 Å². The summed E-state index contributed by atoms with van der Waals surface area (Å²) in [5.74, 6) is 0.0496. The molecule has 5 atom stereocenters. The lowest BCUT2D eigenvalue weighted by molar-refractivity contribution is -0.161. The van der Waals surface area contributed by atoms with Crippen LogP contribution in [0.25, 0.3) is 0 Å². The number of carbonyl (C=O) groups excluding carboxylic acids is 4. The molecule has 0 aromatic heterocycles. The van der Waals surface area contributed by atoms with Crippen LogP contribution in [0.2, 0.25) is 0 Å². The Labute approximate surface area is 549 Å². The zero-order chi connectivity index (χ0) is 66.6. The van der Waals surface area contributed by atoms with Gasteiger partial charge in [-0.05, 0) is 43.4 Å². The van der Waals surface area contributed by atoms with Crippen molar-refractivity contribution in [1.82, 2.24) is 0 Å². The Morgan fingerprint density at radius 2 is 0.511 bits per heavy atom. The summed E-state index contributed by atoms with van der Waals surface area (Å²) >= 11 is 0. The standard InChI is InChI=1S/C71H138O17P2/c1-8-9-10-11-12-13-14-18-22-25-30-38-45-52-68(73)81-58-66(87-70(75)54-47-40-31-26-23-20-17-15-16-19-21-24-28-35-42-49-62(2)3)60-85-89(77,78)83-56-65(72)57-84-90(79,80)86-61-67(59-82-69(74)53-46-39-34-33-37-44-51-64(6)7)88-71(76)55-48-41-32-27-29-36-43-50-63(4)5/h62-67,72H,8-61H2,1-7H3,(H,77,78)(H,79,80)/t65-,66-,67-/m1/s1. The fourth-order valence-corrected chi connectivity index (χ4v) is 12.3. The summed E-state index contributed by atoms with van der Waals surface area (Å²) in [7, 11) is -9.90. The molecule has 0 bridgehead atoms. The van der Waals surface area contributed by atoms with Gasteiger partial charge in [-0.3, -0.25) is 37.3 Å². The van der Waals surface area contributed by atoms with Crippen molar-refractivity contribution < 1.29 is 80.2 Å². The van der Waals surface area contributed by atoms with Gasteiger partial charge in [0, 0.05) is 25.7 Å². The number of phosphoric ester groups is 2. The van der Waals surface area contributed by atoms with Crippen LogP contribution < -0.4 is 0 Å². The van der Waals surface area contributed by atoms with E-state index in [0.29, 0.717) is 37.5 Å². The summed E-state index contributed by atoms with van der Waals surface area (Å²) in [5, 5.41) is 10.6. The van der Waals surface area contributed by atoms with E-state index in [0.717, 1.165) is 102 Å². The molecule has 0 aliphatic carbocycles. The van der Waals surface area contributed by atoms with Gasteiger partial charge in [-0.25, -0.2) is 9.13 Å². The molecule has 0 aliphatic rings. The van der Waals surface area contributed by atoms with Crippen molar-refractivity contribution in [3.63, 3.8) is 0 Å². The van der Waals surface area contributed by atoms with Crippen LogP contribution in [0.3, 0.4) is 0 Å². The van der Waals surface area contributed by atoms with Gasteiger partial charge in [-0.1, -0.05) is 305 Å². The Kier molecular flexibility index (Phi) is 60.6. The summed E-state index contributed by atoms with van der Waals surface area (Å²) in [6.45, 7) is 11.7. The highest BCUT2D eigenvalue weighted by Crippen LogP contribution is 2.45. The average Bonchev–Trinajstić information content (AvgIpc) is 3.68. The lowest BCUT2D eigenvalue weighted by Gasteiger charge is -2.21. The molecule has 2 unspecified atom stereocenters. The van der Waals surface area contributed by atoms with Gasteiger partial charge < -0.3 is 33.8 Å². The molecule has 3 N–H and O–H groups in total. The van der Waals surface area contributed by atoms with E-state index in [-0.39, 0.29) is 25.7 Å². The minimum Gasteiger partial charge on any atom is -0.462 e. The van der Waals surface area contributed by atoms with E-state index in [1.807, 2.05) is 0 Å². The molecule has 0 saturated heterocycles. The smallest absolute Gasteiger partial charge is 0.462 e. The minimum absolute atomic E-state index is 0.102. The zero-order valence-electron chi connectivity index (χ0n) is 58.6. The maximum atomic E-state index is 13.0. The van der Waals surface area contributed by atoms with Crippen molar-refractivity contribution in [3.05, 3.63) is 0 Å². The Morgan fingerprint density at radius 1 is 0.300 bits per heavy atom. The van der Waals surface area contributed by atoms with Crippen LogP contribution in [0.15, 0.2) is 0 Å². The first-order valence-corrected chi connectivity index (χ1v) is 39.8. The van der Waals surface area contributed by atoms with Crippen LogP contribution >= 0.6 is 15.6 Å². The van der Waals surface area contributed by atoms with E-state index in [9.17, 15) is 43.2 Å². The highest BCUT2D eigenvalue weighted by atomic mass is 31.2. The topological polar surface area (TPSA) is 237 Å². The number of rotatable bonds is 69. The molecule has 0 saturated carbocycles. The van der Waals surface area contributed by atoms with Crippen LogP contribution in [0.1, 0.15) is 357 Å². The molecular weight excluding hydrogens is 1190 g/mol. The number of phosphoric acid groups is 2. The van der Waals surface area contributed by atoms with Gasteiger partial charge in [0.2, 0.25) is 0 Å². The van der Waals surface area contributed by atoms with E-state index in [1.165, 1.54) is 161 Å². The number of hydrogen-bond donors (Lipinski definition) is 3. The van der Waals surface area contributed by atoms with E-state index >= 15 is 0 Å². The predicted octanol–water partition coefficient (Wildman–Crippen LogP) is 20.2. The Hall–Kier alpha value is -1.94. The van der Waals surface area contributed by atoms with Crippen molar-refractivity contribution in [2.24, 2.45) is 17.8 Å². The predicted molar refractivity (Wildman–Crippen MR) is 363 cm³/mol. The molecule has 534 valence electrons. The van der Waals surface area contributed by atoms with Gasteiger partial charge in [0.25, 0.3) is 0 Å². The lowest BCUT2D eigenvalue weighted by Crippen LogP contribution is -2.30. The number of hydrogen-bond acceptors (Lipinski definition) is 15. The van der Waals surface area contributed by atoms with Gasteiger partial charge >= 0.3 is 39.5 Å². The summed E-state index contributed by atoms with van der Waals surface area (Å²) < 4.78 is 68.3. The van der Waals surface area contributed by atoms with Gasteiger partial charge in [-0.15, -0.1) is 0 Å². The van der Waals surface area contributed by atoms with E-state index in [2.05, 4.69) is 48.5 Å². The number of carbonyl (C=O) groups is 4. The molecule has 0 aliphatic heterocycles. The van der Waals surface area contributed by atoms with Gasteiger partial charge in [-0.2, -0.15) is 0 Å². The molecule has 90 heavy (non-hydrogen) atoms. The molecule has 0 fully saturated rings. The van der Waals surface area contributed by atoms with E-state index < -0.39 is 97.5 Å². The van der Waals surface area contributed by atoms with Crippen molar-refractivity contribution in [2.45, 2.75) is 375 Å². The van der Waals surface area contributed by atoms with Crippen LogP contribution in [-0.4, -0.2) is 96.7 Å². The normalized spacial score (nSPS) is 14.2. The third kappa shape index (κ3) is 64.8. The van der Waals surface area contributed by atoms with Crippen molar-refractivity contribution in [1.29, 1.82) is 0 Å². The summed E-state index contributed by atoms with van der Waals surface area (Å²) in [6, 6.07) is 0. The fourth-order valence-electron chi connectivity index (χ4n) is 10.7. The summed E-state index contributed by atoms with van der Waals surface area (Å²) in [5.41, 5.74) is 0. The molecule has 0 aromatic carbocycles. The highest BCUT2D eigenvalue weighted by Gasteiger charge is 2.30. The molecular formula is C71H138O17P2.